The number of carbonyl (C=O) groups excluding carboxylic acids is 1. The van der Waals surface area contributed by atoms with Crippen LogP contribution in [0.3, 0.4) is 0 Å². The lowest BCUT2D eigenvalue weighted by molar-refractivity contribution is -0.134. The highest BCUT2D eigenvalue weighted by atomic mass is 35.5. The second kappa shape index (κ2) is 10.5. The molecule has 0 bridgehead atoms. The topological polar surface area (TPSA) is 75.7 Å². The second-order valence-corrected chi connectivity index (χ2v) is 10.1. The maximum Gasteiger partial charge on any atom is 0.244 e. The summed E-state index contributed by atoms with van der Waals surface area (Å²) in [5.74, 6) is 0.604. The van der Waals surface area contributed by atoms with E-state index in [0.29, 0.717) is 36.9 Å². The number of hydrogen-bond donors (Lipinski definition) is 1. The Bertz CT molecular complexity index is 1000. The van der Waals surface area contributed by atoms with E-state index in [0.717, 1.165) is 18.4 Å². The third kappa shape index (κ3) is 5.99. The van der Waals surface area contributed by atoms with Crippen LogP contribution < -0.4 is 9.46 Å². The lowest BCUT2D eigenvalue weighted by Crippen LogP contribution is -2.50. The van der Waals surface area contributed by atoms with Crippen LogP contribution in [0.2, 0.25) is 5.02 Å². The summed E-state index contributed by atoms with van der Waals surface area (Å²) in [6.07, 6.45) is 2.63. The van der Waals surface area contributed by atoms with E-state index in [1.807, 2.05) is 18.2 Å². The van der Waals surface area contributed by atoms with E-state index in [1.165, 1.54) is 13.2 Å². The number of sulfonamides is 1. The number of nitrogens with zero attached hydrogens (tertiary/aromatic N) is 1. The quantitative estimate of drug-likeness (QED) is 0.643. The first-order valence-corrected chi connectivity index (χ1v) is 12.4. The zero-order chi connectivity index (χ0) is 22.4. The molecule has 1 aliphatic rings. The lowest BCUT2D eigenvalue weighted by atomic mass is 9.98. The molecule has 31 heavy (non-hydrogen) atoms. The van der Waals surface area contributed by atoms with Crippen LogP contribution in [0.1, 0.15) is 31.7 Å². The van der Waals surface area contributed by atoms with Gasteiger partial charge >= 0.3 is 0 Å². The molecule has 1 heterocycles. The van der Waals surface area contributed by atoms with Gasteiger partial charge in [0.25, 0.3) is 0 Å². The number of hydrogen-bond acceptors (Lipinski definition) is 4. The molecule has 0 saturated carbocycles. The van der Waals surface area contributed by atoms with Gasteiger partial charge in [-0.1, -0.05) is 48.9 Å². The largest absolute Gasteiger partial charge is 0.495 e. The SMILES string of the molecule is COc1ccccc1S(=O)(=O)NC(CCc1ccccc1Cl)C(=O)N1CCC(C)CC1. The molecular weight excluding hydrogens is 436 g/mol. The fourth-order valence-corrected chi connectivity index (χ4v) is 5.40. The number of nitrogens with one attached hydrogen (secondary N) is 1. The molecule has 8 heteroatoms. The fraction of sp³-hybridized carbons (Fsp3) is 0.435. The number of rotatable bonds is 8. The molecule has 0 spiro atoms. The molecule has 1 saturated heterocycles. The van der Waals surface area contributed by atoms with E-state index in [9.17, 15) is 13.2 Å². The second-order valence-electron chi connectivity index (χ2n) is 7.96. The molecular formula is C23H29ClN2O4S. The lowest BCUT2D eigenvalue weighted by Gasteiger charge is -2.33. The Balaban J connectivity index is 1.84. The molecule has 1 amide bonds. The molecule has 3 rings (SSSR count). The maximum atomic E-state index is 13.3. The third-order valence-corrected chi connectivity index (χ3v) is 7.59. The van der Waals surface area contributed by atoms with Crippen LogP contribution in [0.25, 0.3) is 0 Å². The summed E-state index contributed by atoms with van der Waals surface area (Å²) in [6, 6.07) is 12.9. The van der Waals surface area contributed by atoms with Crippen molar-refractivity contribution < 1.29 is 17.9 Å². The molecule has 168 valence electrons. The first-order valence-electron chi connectivity index (χ1n) is 10.5. The van der Waals surface area contributed by atoms with Crippen LogP contribution in [0.5, 0.6) is 5.75 Å². The summed E-state index contributed by atoms with van der Waals surface area (Å²) >= 11 is 6.27. The summed E-state index contributed by atoms with van der Waals surface area (Å²) in [5.41, 5.74) is 0.880. The minimum atomic E-state index is -3.97. The number of likely N-dealkylation sites (tertiary alicyclic amines) is 1. The Morgan fingerprint density at radius 3 is 2.48 bits per heavy atom. The van der Waals surface area contributed by atoms with Crippen molar-refractivity contribution in [2.24, 2.45) is 5.92 Å². The van der Waals surface area contributed by atoms with Crippen LogP contribution in [0, 0.1) is 5.92 Å². The zero-order valence-corrected chi connectivity index (χ0v) is 19.5. The van der Waals surface area contributed by atoms with Crippen molar-refractivity contribution in [1.29, 1.82) is 0 Å². The van der Waals surface area contributed by atoms with Crippen molar-refractivity contribution in [3.63, 3.8) is 0 Å². The molecule has 2 aromatic carbocycles. The van der Waals surface area contributed by atoms with E-state index in [-0.39, 0.29) is 16.6 Å². The van der Waals surface area contributed by atoms with Crippen LogP contribution in [0.15, 0.2) is 53.4 Å². The predicted molar refractivity (Wildman–Crippen MR) is 122 cm³/mol. The molecule has 1 aliphatic heterocycles. The number of piperidine rings is 1. The standard InChI is InChI=1S/C23H29ClN2O4S/c1-17-13-15-26(16-14-17)23(27)20(12-11-18-7-3-4-8-19(18)24)25-31(28,29)22-10-6-5-9-21(22)30-2/h3-10,17,20,25H,11-16H2,1-2H3. The number of benzene rings is 2. The van der Waals surface area contributed by atoms with Crippen molar-refractivity contribution in [3.8, 4) is 5.75 Å². The molecule has 1 fully saturated rings. The van der Waals surface area contributed by atoms with Crippen molar-refractivity contribution in [3.05, 3.63) is 59.1 Å². The minimum absolute atomic E-state index is 0.0142. The van der Waals surface area contributed by atoms with E-state index in [1.54, 1.807) is 29.2 Å². The van der Waals surface area contributed by atoms with Crippen LogP contribution >= 0.6 is 11.6 Å². The molecule has 0 aromatic heterocycles. The predicted octanol–water partition coefficient (Wildman–Crippen LogP) is 3.89. The highest BCUT2D eigenvalue weighted by molar-refractivity contribution is 7.89. The van der Waals surface area contributed by atoms with Gasteiger partial charge in [-0.2, -0.15) is 4.72 Å². The van der Waals surface area contributed by atoms with E-state index >= 15 is 0 Å². The Kier molecular flexibility index (Phi) is 7.97. The third-order valence-electron chi connectivity index (χ3n) is 5.71. The number of halogens is 1. The van der Waals surface area contributed by atoms with Gasteiger partial charge in [-0.15, -0.1) is 0 Å². The summed E-state index contributed by atoms with van der Waals surface area (Å²) in [4.78, 5) is 15.1. The number of ether oxygens (including phenoxy) is 1. The Labute approximate surface area is 189 Å². The average Bonchev–Trinajstić information content (AvgIpc) is 2.77. The van der Waals surface area contributed by atoms with Crippen molar-refractivity contribution in [2.45, 2.75) is 43.5 Å². The van der Waals surface area contributed by atoms with E-state index < -0.39 is 16.1 Å². The Morgan fingerprint density at radius 2 is 1.81 bits per heavy atom. The van der Waals surface area contributed by atoms with E-state index in [2.05, 4.69) is 11.6 Å². The normalized spacial score (nSPS) is 16.2. The molecule has 1 N–H and O–H groups in total. The van der Waals surface area contributed by atoms with Gasteiger partial charge in [0, 0.05) is 18.1 Å². The van der Waals surface area contributed by atoms with Crippen LogP contribution in [-0.4, -0.2) is 45.5 Å². The minimum Gasteiger partial charge on any atom is -0.495 e. The summed E-state index contributed by atoms with van der Waals surface area (Å²) in [5, 5.41) is 0.605. The molecule has 2 aromatic rings. The van der Waals surface area contributed by atoms with Gasteiger partial charge in [-0.3, -0.25) is 4.79 Å². The van der Waals surface area contributed by atoms with Gasteiger partial charge in [0.1, 0.15) is 16.7 Å². The first kappa shape index (κ1) is 23.6. The van der Waals surface area contributed by atoms with Gasteiger partial charge < -0.3 is 9.64 Å². The fourth-order valence-electron chi connectivity index (χ4n) is 3.77. The zero-order valence-electron chi connectivity index (χ0n) is 17.9. The van der Waals surface area contributed by atoms with Crippen molar-refractivity contribution >= 4 is 27.5 Å². The number of amides is 1. The number of para-hydroxylation sites is 1. The maximum absolute atomic E-state index is 13.3. The van der Waals surface area contributed by atoms with E-state index in [4.69, 9.17) is 16.3 Å². The van der Waals surface area contributed by atoms with Gasteiger partial charge in [-0.25, -0.2) is 8.42 Å². The van der Waals surface area contributed by atoms with Gasteiger partial charge in [0.05, 0.1) is 7.11 Å². The number of aryl methyl sites for hydroxylation is 1. The summed E-state index contributed by atoms with van der Waals surface area (Å²) in [7, 11) is -2.55. The Morgan fingerprint density at radius 1 is 1.16 bits per heavy atom. The van der Waals surface area contributed by atoms with Crippen LogP contribution in [-0.2, 0) is 21.2 Å². The molecule has 1 atom stereocenters. The monoisotopic (exact) mass is 464 g/mol. The number of methoxy groups -OCH3 is 1. The summed E-state index contributed by atoms with van der Waals surface area (Å²) < 4.78 is 34.2. The molecule has 6 nitrogen and oxygen atoms in total. The van der Waals surface area contributed by atoms with Crippen molar-refractivity contribution in [1.82, 2.24) is 9.62 Å². The highest BCUT2D eigenvalue weighted by Crippen LogP contribution is 2.25. The highest BCUT2D eigenvalue weighted by Gasteiger charge is 2.32. The smallest absolute Gasteiger partial charge is 0.244 e. The van der Waals surface area contributed by atoms with Gasteiger partial charge in [0.15, 0.2) is 0 Å². The average molecular weight is 465 g/mol. The van der Waals surface area contributed by atoms with Gasteiger partial charge in [0.2, 0.25) is 15.9 Å². The summed E-state index contributed by atoms with van der Waals surface area (Å²) in [6.45, 7) is 3.44. The van der Waals surface area contributed by atoms with Crippen molar-refractivity contribution in [2.75, 3.05) is 20.2 Å². The molecule has 1 unspecified atom stereocenters. The molecule has 0 aliphatic carbocycles. The molecule has 0 radical (unpaired) electrons. The number of carbonyl (C=O) groups is 1. The Hall–Kier alpha value is -2.09. The van der Waals surface area contributed by atoms with Gasteiger partial charge in [-0.05, 0) is 55.4 Å². The van der Waals surface area contributed by atoms with Crippen LogP contribution in [0.4, 0.5) is 0 Å². The first-order chi connectivity index (χ1) is 14.8.